The summed E-state index contributed by atoms with van der Waals surface area (Å²) in [6.45, 7) is 6.89. The van der Waals surface area contributed by atoms with Crippen molar-refractivity contribution < 1.29 is 19.1 Å². The monoisotopic (exact) mass is 278 g/mol. The lowest BCUT2D eigenvalue weighted by atomic mass is 9.54. The van der Waals surface area contributed by atoms with Crippen molar-refractivity contribution >= 4 is 11.8 Å². The Bertz CT molecular complexity index is 455. The molecule has 4 nitrogen and oxygen atoms in total. The van der Waals surface area contributed by atoms with E-state index in [9.17, 15) is 9.59 Å². The third kappa shape index (κ3) is 2.30. The molecule has 4 saturated carbocycles. The van der Waals surface area contributed by atoms with Crippen LogP contribution < -0.4 is 0 Å². The second-order valence-corrected chi connectivity index (χ2v) is 6.63. The Morgan fingerprint density at radius 2 is 2.05 bits per heavy atom. The minimum atomic E-state index is -0.616. The third-order valence-corrected chi connectivity index (χ3v) is 5.03. The van der Waals surface area contributed by atoms with Gasteiger partial charge in [-0.3, -0.25) is 4.79 Å². The summed E-state index contributed by atoms with van der Waals surface area (Å²) in [6, 6.07) is 0. The lowest BCUT2D eigenvalue weighted by Gasteiger charge is -2.52. The van der Waals surface area contributed by atoms with Gasteiger partial charge in [0.15, 0.2) is 0 Å². The molecule has 4 heteroatoms. The zero-order chi connectivity index (χ0) is 14.4. The highest BCUT2D eigenvalue weighted by atomic mass is 16.7. The SMILES string of the molecule is C=C(C)C(=O)OC(C)OC1C2CC3CC(C2)C(=O)C1C3. The lowest BCUT2D eigenvalue weighted by molar-refractivity contribution is -0.213. The molecule has 4 aliphatic rings. The van der Waals surface area contributed by atoms with E-state index in [1.54, 1.807) is 13.8 Å². The Morgan fingerprint density at radius 3 is 2.75 bits per heavy atom. The Labute approximate surface area is 119 Å². The van der Waals surface area contributed by atoms with Crippen molar-refractivity contribution in [3.63, 3.8) is 0 Å². The van der Waals surface area contributed by atoms with Crippen LogP contribution in [-0.4, -0.2) is 24.1 Å². The summed E-state index contributed by atoms with van der Waals surface area (Å²) >= 11 is 0. The molecule has 0 aliphatic heterocycles. The first-order valence-corrected chi connectivity index (χ1v) is 7.51. The zero-order valence-corrected chi connectivity index (χ0v) is 12.1. The fraction of sp³-hybridized carbons (Fsp3) is 0.750. The predicted molar refractivity (Wildman–Crippen MR) is 72.7 cm³/mol. The summed E-state index contributed by atoms with van der Waals surface area (Å²) in [4.78, 5) is 23.8. The molecule has 0 saturated heterocycles. The van der Waals surface area contributed by atoms with Gasteiger partial charge in [0.1, 0.15) is 5.78 Å². The second kappa shape index (κ2) is 4.99. The first-order chi connectivity index (χ1) is 9.45. The maximum atomic E-state index is 12.3. The van der Waals surface area contributed by atoms with Crippen molar-refractivity contribution in [2.45, 2.75) is 51.9 Å². The van der Waals surface area contributed by atoms with Crippen LogP contribution >= 0.6 is 0 Å². The van der Waals surface area contributed by atoms with Gasteiger partial charge in [-0.2, -0.15) is 0 Å². The van der Waals surface area contributed by atoms with E-state index in [0.717, 1.165) is 25.7 Å². The van der Waals surface area contributed by atoms with Crippen LogP contribution in [0, 0.1) is 23.7 Å². The number of hydrogen-bond donors (Lipinski definition) is 0. The molecule has 4 rings (SSSR count). The van der Waals surface area contributed by atoms with Crippen molar-refractivity contribution in [2.24, 2.45) is 23.7 Å². The van der Waals surface area contributed by atoms with Gasteiger partial charge in [-0.05, 0) is 51.4 Å². The normalized spacial score (nSPS) is 39.7. The molecular weight excluding hydrogens is 256 g/mol. The van der Waals surface area contributed by atoms with Gasteiger partial charge in [-0.25, -0.2) is 4.79 Å². The van der Waals surface area contributed by atoms with Crippen LogP contribution in [-0.2, 0) is 19.1 Å². The van der Waals surface area contributed by atoms with Crippen molar-refractivity contribution in [1.82, 2.24) is 0 Å². The van der Waals surface area contributed by atoms with Gasteiger partial charge in [0.25, 0.3) is 0 Å². The molecule has 4 bridgehead atoms. The maximum Gasteiger partial charge on any atom is 0.335 e. The first kappa shape index (κ1) is 13.8. The van der Waals surface area contributed by atoms with Gasteiger partial charge in [-0.1, -0.05) is 6.58 Å². The molecule has 0 spiro atoms. The smallest absolute Gasteiger partial charge is 0.335 e. The fourth-order valence-electron chi connectivity index (χ4n) is 4.29. The van der Waals surface area contributed by atoms with Crippen LogP contribution in [0.3, 0.4) is 0 Å². The maximum absolute atomic E-state index is 12.3. The summed E-state index contributed by atoms with van der Waals surface area (Å²) in [5, 5.41) is 0. The van der Waals surface area contributed by atoms with Crippen molar-refractivity contribution in [1.29, 1.82) is 0 Å². The van der Waals surface area contributed by atoms with E-state index in [1.165, 1.54) is 0 Å². The molecular formula is C16H22O4. The van der Waals surface area contributed by atoms with Crippen LogP contribution in [0.5, 0.6) is 0 Å². The molecule has 4 aliphatic carbocycles. The molecule has 110 valence electrons. The molecule has 0 heterocycles. The molecule has 0 aromatic carbocycles. The second-order valence-electron chi connectivity index (χ2n) is 6.63. The quantitative estimate of drug-likeness (QED) is 0.450. The highest BCUT2D eigenvalue weighted by Crippen LogP contribution is 2.53. The van der Waals surface area contributed by atoms with Crippen LogP contribution in [0.4, 0.5) is 0 Å². The number of rotatable bonds is 4. The number of carbonyl (C=O) groups is 2. The Hall–Kier alpha value is -1.16. The summed E-state index contributed by atoms with van der Waals surface area (Å²) in [5.41, 5.74) is 0.363. The standard InChI is InChI=1S/C16H22O4/c1-8(2)16(18)20-9(3)19-15-12-5-10-4-11(7-12)14(17)13(15)6-10/h9-13,15H,1,4-7H2,2-3H3. The van der Waals surface area contributed by atoms with Crippen LogP contribution in [0.25, 0.3) is 0 Å². The van der Waals surface area contributed by atoms with Crippen LogP contribution in [0.1, 0.15) is 39.5 Å². The highest BCUT2D eigenvalue weighted by molar-refractivity contribution is 5.87. The Kier molecular flexibility index (Phi) is 3.44. The minimum Gasteiger partial charge on any atom is -0.433 e. The van der Waals surface area contributed by atoms with Crippen molar-refractivity contribution in [2.75, 3.05) is 0 Å². The lowest BCUT2D eigenvalue weighted by Crippen LogP contribution is -2.55. The average Bonchev–Trinajstić information content (AvgIpc) is 2.38. The summed E-state index contributed by atoms with van der Waals surface area (Å²) < 4.78 is 11.1. The van der Waals surface area contributed by atoms with E-state index >= 15 is 0 Å². The molecule has 6 unspecified atom stereocenters. The number of ether oxygens (including phenoxy) is 2. The third-order valence-electron chi connectivity index (χ3n) is 5.03. The van der Waals surface area contributed by atoms with Gasteiger partial charge in [-0.15, -0.1) is 0 Å². The van der Waals surface area contributed by atoms with E-state index in [1.807, 2.05) is 0 Å². The summed E-state index contributed by atoms with van der Waals surface area (Å²) in [6.07, 6.45) is 3.47. The molecule has 0 radical (unpaired) electrons. The minimum absolute atomic E-state index is 0.0252. The molecule has 0 N–H and O–H groups in total. The van der Waals surface area contributed by atoms with Gasteiger partial charge in [0, 0.05) is 17.4 Å². The van der Waals surface area contributed by atoms with Gasteiger partial charge < -0.3 is 9.47 Å². The molecule has 6 atom stereocenters. The number of carbonyl (C=O) groups excluding carboxylic acids is 2. The molecule has 0 aromatic rings. The molecule has 0 amide bonds. The Morgan fingerprint density at radius 1 is 1.30 bits per heavy atom. The molecule has 4 fully saturated rings. The number of Topliss-reactive ketones (excluding diaryl/α,β-unsaturated/α-hetero) is 1. The van der Waals surface area contributed by atoms with Crippen molar-refractivity contribution in [3.8, 4) is 0 Å². The van der Waals surface area contributed by atoms with Gasteiger partial charge in [0.2, 0.25) is 6.29 Å². The van der Waals surface area contributed by atoms with Crippen LogP contribution in [0.2, 0.25) is 0 Å². The van der Waals surface area contributed by atoms with E-state index < -0.39 is 12.3 Å². The van der Waals surface area contributed by atoms with E-state index in [-0.39, 0.29) is 17.9 Å². The van der Waals surface area contributed by atoms with Crippen LogP contribution in [0.15, 0.2) is 12.2 Å². The number of hydrogen-bond acceptors (Lipinski definition) is 4. The predicted octanol–water partition coefficient (Wildman–Crippen LogP) is 2.47. The van der Waals surface area contributed by atoms with E-state index in [0.29, 0.717) is 23.2 Å². The largest absolute Gasteiger partial charge is 0.433 e. The van der Waals surface area contributed by atoms with Gasteiger partial charge >= 0.3 is 5.97 Å². The number of ketones is 1. The summed E-state index contributed by atoms with van der Waals surface area (Å²) in [5.74, 6) is 1.40. The topological polar surface area (TPSA) is 52.6 Å². The highest BCUT2D eigenvalue weighted by Gasteiger charge is 2.54. The zero-order valence-electron chi connectivity index (χ0n) is 12.1. The van der Waals surface area contributed by atoms with Gasteiger partial charge in [0.05, 0.1) is 6.10 Å². The molecule has 0 aromatic heterocycles. The van der Waals surface area contributed by atoms with E-state index in [4.69, 9.17) is 9.47 Å². The van der Waals surface area contributed by atoms with Crippen molar-refractivity contribution in [3.05, 3.63) is 12.2 Å². The Balaban J connectivity index is 1.64. The molecule has 20 heavy (non-hydrogen) atoms. The summed E-state index contributed by atoms with van der Waals surface area (Å²) in [7, 11) is 0. The first-order valence-electron chi connectivity index (χ1n) is 7.51. The average molecular weight is 278 g/mol. The van der Waals surface area contributed by atoms with E-state index in [2.05, 4.69) is 6.58 Å². The number of esters is 1. The fourth-order valence-corrected chi connectivity index (χ4v) is 4.29.